The van der Waals surface area contributed by atoms with Crippen molar-refractivity contribution in [3.63, 3.8) is 0 Å². The van der Waals surface area contributed by atoms with Crippen LogP contribution in [0.4, 0.5) is 43.1 Å². The van der Waals surface area contributed by atoms with Crippen molar-refractivity contribution in [1.82, 2.24) is 9.97 Å². The lowest BCUT2D eigenvalue weighted by Gasteiger charge is -2.31. The zero-order valence-electron chi connectivity index (χ0n) is 28.2. The molecule has 0 unspecified atom stereocenters. The van der Waals surface area contributed by atoms with Crippen LogP contribution in [0.5, 0.6) is 11.5 Å². The Morgan fingerprint density at radius 3 is 1.90 bits per heavy atom. The van der Waals surface area contributed by atoms with Gasteiger partial charge in [0.2, 0.25) is 0 Å². The molecule has 0 spiro atoms. The van der Waals surface area contributed by atoms with E-state index in [4.69, 9.17) is 42.1 Å². The molecule has 0 radical (unpaired) electrons. The van der Waals surface area contributed by atoms with Crippen molar-refractivity contribution in [2.45, 2.75) is 59.4 Å². The molecule has 1 aromatic heterocycles. The number of aromatic nitrogens is 2. The van der Waals surface area contributed by atoms with Crippen molar-refractivity contribution in [3.8, 4) is 11.5 Å². The van der Waals surface area contributed by atoms with E-state index >= 15 is 0 Å². The summed E-state index contributed by atoms with van der Waals surface area (Å²) in [5.41, 5.74) is -3.03. The molecule has 3 rings (SSSR count). The first-order chi connectivity index (χ1) is 22.7. The van der Waals surface area contributed by atoms with Crippen molar-refractivity contribution >= 4 is 70.1 Å². The minimum atomic E-state index is -1.17. The van der Waals surface area contributed by atoms with Gasteiger partial charge in [-0.25, -0.2) is 29.3 Å². The predicted molar refractivity (Wildman–Crippen MR) is 182 cm³/mol. The summed E-state index contributed by atoms with van der Waals surface area (Å²) < 4.78 is 21.7. The maximum Gasteiger partial charge on any atom is 0.423 e. The van der Waals surface area contributed by atoms with Crippen molar-refractivity contribution < 1.29 is 43.4 Å². The van der Waals surface area contributed by atoms with E-state index in [1.807, 2.05) is 0 Å². The first-order valence-corrected chi connectivity index (χ1v) is 15.1. The van der Waals surface area contributed by atoms with E-state index < -0.39 is 46.6 Å². The first kappa shape index (κ1) is 38.5. The number of aliphatic hydroxyl groups excluding tert-OH is 1. The molecule has 1 heterocycles. The van der Waals surface area contributed by atoms with Crippen LogP contribution in [0.25, 0.3) is 0 Å². The Balaban J connectivity index is 2.24. The number of nitro groups is 1. The molecule has 49 heavy (non-hydrogen) atoms. The van der Waals surface area contributed by atoms with Crippen LogP contribution in [0, 0.1) is 10.1 Å². The number of urea groups is 1. The molecule has 0 aliphatic carbocycles. The molecule has 0 bridgehead atoms. The highest BCUT2D eigenvalue weighted by atomic mass is 35.5. The number of nitro benzene ring substituents is 1. The summed E-state index contributed by atoms with van der Waals surface area (Å²) in [6, 6.07) is 5.16. The third kappa shape index (κ3) is 8.95. The number of carbonyl (C=O) groups is 3. The fourth-order valence-corrected chi connectivity index (χ4v) is 4.83. The lowest BCUT2D eigenvalue weighted by molar-refractivity contribution is -0.384. The fraction of sp³-hybridized carbons (Fsp3) is 0.387. The molecule has 16 nitrogen and oxygen atoms in total. The Labute approximate surface area is 292 Å². The number of anilines is 4. The molecule has 18 heteroatoms. The van der Waals surface area contributed by atoms with Gasteiger partial charge in [0.1, 0.15) is 62.1 Å². The van der Waals surface area contributed by atoms with Crippen LogP contribution >= 0.6 is 23.2 Å². The van der Waals surface area contributed by atoms with Gasteiger partial charge in [-0.05, 0) is 53.2 Å². The summed E-state index contributed by atoms with van der Waals surface area (Å²) >= 11 is 13.2. The van der Waals surface area contributed by atoms with Crippen molar-refractivity contribution in [3.05, 3.63) is 62.4 Å². The highest BCUT2D eigenvalue weighted by Crippen LogP contribution is 2.47. The standard InChI is InChI=1S/C31H36Cl2N6O10/c1-30(2,3)48-28(42)37(18-11-10-17(15-40)12-19(18)39(44)45)23-14-22(34-16-35-23)36(7)27(41)38(29(43)49-31(4,5)6)26-24(32)20(46-8)13-21(47-9)25(26)33/h10-14,16,40H,15H2,1-9H3. The number of ether oxygens (including phenoxy) is 4. The molecule has 4 amide bonds. The van der Waals surface area contributed by atoms with Crippen LogP contribution in [0.3, 0.4) is 0 Å². The maximum absolute atomic E-state index is 14.2. The molecule has 2 aromatic carbocycles. The largest absolute Gasteiger partial charge is 0.495 e. The van der Waals surface area contributed by atoms with Gasteiger partial charge in [0, 0.05) is 25.2 Å². The third-order valence-electron chi connectivity index (χ3n) is 6.28. The SMILES string of the molecule is COc1cc(OC)c(Cl)c(N(C(=O)OC(C)(C)C)C(=O)N(C)c2cc(N(C(=O)OC(C)(C)C)c3ccc(CO)cc3[N+](=O)[O-])ncn2)c1Cl. The average Bonchev–Trinajstić information content (AvgIpc) is 3.01. The minimum Gasteiger partial charge on any atom is -0.495 e. The monoisotopic (exact) mass is 722 g/mol. The molecule has 3 aromatic rings. The molecule has 264 valence electrons. The zero-order valence-corrected chi connectivity index (χ0v) is 29.7. The van der Waals surface area contributed by atoms with Crippen LogP contribution in [-0.4, -0.2) is 70.7 Å². The zero-order chi connectivity index (χ0) is 37.0. The lowest BCUT2D eigenvalue weighted by atomic mass is 10.1. The van der Waals surface area contributed by atoms with E-state index in [2.05, 4.69) is 9.97 Å². The quantitative estimate of drug-likeness (QED) is 0.181. The minimum absolute atomic E-state index is 0.0214. The topological polar surface area (TPSA) is 187 Å². The Morgan fingerprint density at radius 1 is 0.878 bits per heavy atom. The summed E-state index contributed by atoms with van der Waals surface area (Å²) in [5.74, 6) is -0.392. The Morgan fingerprint density at radius 2 is 1.41 bits per heavy atom. The second-order valence-corrected chi connectivity index (χ2v) is 13.0. The van der Waals surface area contributed by atoms with Gasteiger partial charge in [0.25, 0.3) is 5.69 Å². The fourth-order valence-electron chi connectivity index (χ4n) is 4.16. The number of rotatable bonds is 8. The number of benzene rings is 2. The van der Waals surface area contributed by atoms with Crippen LogP contribution in [-0.2, 0) is 16.1 Å². The summed E-state index contributed by atoms with van der Waals surface area (Å²) in [6.45, 7) is 9.04. The number of methoxy groups -OCH3 is 2. The van der Waals surface area contributed by atoms with Gasteiger partial charge in [-0.2, -0.15) is 4.90 Å². The smallest absolute Gasteiger partial charge is 0.423 e. The van der Waals surface area contributed by atoms with Gasteiger partial charge in [-0.1, -0.05) is 29.3 Å². The van der Waals surface area contributed by atoms with Gasteiger partial charge in [0.15, 0.2) is 0 Å². The molecule has 0 atom stereocenters. The Hall–Kier alpha value is -4.93. The number of halogens is 2. The second kappa shape index (κ2) is 15.1. The first-order valence-electron chi connectivity index (χ1n) is 14.4. The number of nitrogens with zero attached hydrogens (tertiary/aromatic N) is 6. The molecule has 0 fully saturated rings. The van der Waals surface area contributed by atoms with E-state index in [1.165, 1.54) is 39.5 Å². The van der Waals surface area contributed by atoms with Gasteiger partial charge in [-0.15, -0.1) is 0 Å². The maximum atomic E-state index is 14.2. The summed E-state index contributed by atoms with van der Waals surface area (Å²) in [4.78, 5) is 63.4. The summed E-state index contributed by atoms with van der Waals surface area (Å²) in [7, 11) is 3.87. The summed E-state index contributed by atoms with van der Waals surface area (Å²) in [5, 5.41) is 21.2. The van der Waals surface area contributed by atoms with E-state index in [0.29, 0.717) is 4.90 Å². The van der Waals surface area contributed by atoms with E-state index in [-0.39, 0.29) is 50.1 Å². The molecular weight excluding hydrogens is 687 g/mol. The van der Waals surface area contributed by atoms with Crippen molar-refractivity contribution in [2.24, 2.45) is 0 Å². The highest BCUT2D eigenvalue weighted by molar-refractivity contribution is 6.43. The molecule has 0 aliphatic rings. The van der Waals surface area contributed by atoms with Crippen LogP contribution in [0.2, 0.25) is 10.0 Å². The lowest BCUT2D eigenvalue weighted by Crippen LogP contribution is -2.47. The average molecular weight is 724 g/mol. The molecule has 1 N–H and O–H groups in total. The van der Waals surface area contributed by atoms with E-state index in [9.17, 15) is 29.6 Å². The van der Waals surface area contributed by atoms with Crippen molar-refractivity contribution in [1.29, 1.82) is 0 Å². The number of hydrogen-bond donors (Lipinski definition) is 1. The van der Waals surface area contributed by atoms with Gasteiger partial charge in [0.05, 0.1) is 25.7 Å². The van der Waals surface area contributed by atoms with Crippen LogP contribution < -0.4 is 24.2 Å². The number of hydrogen-bond acceptors (Lipinski definition) is 12. The molecule has 0 saturated heterocycles. The van der Waals surface area contributed by atoms with Gasteiger partial charge >= 0.3 is 18.2 Å². The summed E-state index contributed by atoms with van der Waals surface area (Å²) in [6.07, 6.45) is -1.23. The molecular formula is C31H36Cl2N6O10. The van der Waals surface area contributed by atoms with E-state index in [1.54, 1.807) is 41.5 Å². The van der Waals surface area contributed by atoms with Gasteiger partial charge in [-0.3, -0.25) is 15.0 Å². The molecule has 0 saturated carbocycles. The number of imide groups is 1. The Kier molecular flexibility index (Phi) is 11.9. The van der Waals surface area contributed by atoms with Crippen LogP contribution in [0.15, 0.2) is 36.7 Å². The normalized spacial score (nSPS) is 11.3. The predicted octanol–water partition coefficient (Wildman–Crippen LogP) is 7.27. The van der Waals surface area contributed by atoms with Gasteiger partial charge < -0.3 is 24.1 Å². The number of amides is 4. The van der Waals surface area contributed by atoms with Crippen molar-refractivity contribution in [2.75, 3.05) is 36.0 Å². The third-order valence-corrected chi connectivity index (χ3v) is 7.01. The number of carbonyl (C=O) groups excluding carboxylic acids is 3. The Bertz CT molecular complexity index is 1730. The molecule has 0 aliphatic heterocycles. The second-order valence-electron chi connectivity index (χ2n) is 12.2. The van der Waals surface area contributed by atoms with E-state index in [0.717, 1.165) is 28.3 Å². The number of aliphatic hydroxyl groups is 1. The highest BCUT2D eigenvalue weighted by Gasteiger charge is 2.38. The van der Waals surface area contributed by atoms with Crippen LogP contribution in [0.1, 0.15) is 47.1 Å².